The molecule has 0 spiro atoms. The quantitative estimate of drug-likeness (QED) is 0.842. The Balaban J connectivity index is 1.89. The van der Waals surface area contributed by atoms with E-state index in [1.54, 1.807) is 0 Å². The molecule has 2 unspecified atom stereocenters. The van der Waals surface area contributed by atoms with E-state index in [2.05, 4.69) is 47.5 Å². The molecule has 3 nitrogen and oxygen atoms in total. The molecule has 1 aliphatic rings. The van der Waals surface area contributed by atoms with Gasteiger partial charge in [-0.2, -0.15) is 0 Å². The van der Waals surface area contributed by atoms with Crippen LogP contribution in [0, 0.1) is 0 Å². The minimum Gasteiger partial charge on any atom is -0.395 e. The van der Waals surface area contributed by atoms with Crippen molar-refractivity contribution in [2.24, 2.45) is 0 Å². The molecule has 100 valence electrons. The summed E-state index contributed by atoms with van der Waals surface area (Å²) in [5.74, 6) is 0. The highest BCUT2D eigenvalue weighted by molar-refractivity contribution is 5.14. The normalized spacial score (nSPS) is 25.9. The van der Waals surface area contributed by atoms with Crippen LogP contribution in [0.25, 0.3) is 0 Å². The van der Waals surface area contributed by atoms with Gasteiger partial charge in [0.15, 0.2) is 0 Å². The van der Waals surface area contributed by atoms with Crippen LogP contribution in [0.15, 0.2) is 30.3 Å². The molecule has 0 aliphatic carbocycles. The van der Waals surface area contributed by atoms with Crippen LogP contribution in [0.1, 0.15) is 18.9 Å². The first-order chi connectivity index (χ1) is 8.79. The lowest BCUT2D eigenvalue weighted by Gasteiger charge is -2.28. The van der Waals surface area contributed by atoms with Crippen molar-refractivity contribution in [3.05, 3.63) is 35.9 Å². The number of hydrogen-bond donors (Lipinski definition) is 2. The Hall–Kier alpha value is -0.900. The second-order valence-electron chi connectivity index (χ2n) is 5.20. The predicted molar refractivity (Wildman–Crippen MR) is 74.7 cm³/mol. The third kappa shape index (κ3) is 3.80. The lowest BCUT2D eigenvalue weighted by molar-refractivity contribution is 0.173. The van der Waals surface area contributed by atoms with Crippen LogP contribution in [-0.4, -0.2) is 48.3 Å². The van der Waals surface area contributed by atoms with Crippen molar-refractivity contribution in [2.75, 3.05) is 26.2 Å². The molecular weight excluding hydrogens is 224 g/mol. The average Bonchev–Trinajstić information content (AvgIpc) is 2.59. The van der Waals surface area contributed by atoms with Gasteiger partial charge < -0.3 is 10.4 Å². The Kier molecular flexibility index (Phi) is 5.17. The molecule has 18 heavy (non-hydrogen) atoms. The van der Waals surface area contributed by atoms with Gasteiger partial charge in [0.2, 0.25) is 0 Å². The SMILES string of the molecule is CC1CCNC(CO)CN1CCc1ccccc1. The molecule has 0 bridgehead atoms. The van der Waals surface area contributed by atoms with E-state index in [9.17, 15) is 5.11 Å². The number of rotatable bonds is 4. The van der Waals surface area contributed by atoms with E-state index < -0.39 is 0 Å². The zero-order chi connectivity index (χ0) is 12.8. The standard InChI is InChI=1S/C15H24N2O/c1-13-7-9-16-15(12-18)11-17(13)10-8-14-5-3-2-4-6-14/h2-6,13,15-16,18H,7-12H2,1H3. The van der Waals surface area contributed by atoms with Crippen molar-refractivity contribution in [3.63, 3.8) is 0 Å². The van der Waals surface area contributed by atoms with Gasteiger partial charge in [-0.15, -0.1) is 0 Å². The highest BCUT2D eigenvalue weighted by Crippen LogP contribution is 2.10. The molecule has 1 aromatic rings. The molecule has 1 aromatic carbocycles. The zero-order valence-corrected chi connectivity index (χ0v) is 11.2. The van der Waals surface area contributed by atoms with Crippen LogP contribution in [0.5, 0.6) is 0 Å². The molecule has 2 atom stereocenters. The van der Waals surface area contributed by atoms with E-state index in [1.807, 2.05) is 0 Å². The maximum absolute atomic E-state index is 9.32. The van der Waals surface area contributed by atoms with Crippen LogP contribution in [-0.2, 0) is 6.42 Å². The van der Waals surface area contributed by atoms with Gasteiger partial charge in [-0.3, -0.25) is 4.90 Å². The smallest absolute Gasteiger partial charge is 0.0597 e. The highest BCUT2D eigenvalue weighted by Gasteiger charge is 2.21. The van der Waals surface area contributed by atoms with Crippen molar-refractivity contribution in [2.45, 2.75) is 31.8 Å². The van der Waals surface area contributed by atoms with Crippen molar-refractivity contribution in [1.29, 1.82) is 0 Å². The van der Waals surface area contributed by atoms with Crippen molar-refractivity contribution < 1.29 is 5.11 Å². The fraction of sp³-hybridized carbons (Fsp3) is 0.600. The van der Waals surface area contributed by atoms with Gasteiger partial charge in [-0.1, -0.05) is 30.3 Å². The lowest BCUT2D eigenvalue weighted by Crippen LogP contribution is -2.42. The molecule has 2 rings (SSSR count). The Morgan fingerprint density at radius 3 is 2.83 bits per heavy atom. The summed E-state index contributed by atoms with van der Waals surface area (Å²) in [6.45, 7) is 5.54. The van der Waals surface area contributed by atoms with Crippen molar-refractivity contribution in [3.8, 4) is 0 Å². The topological polar surface area (TPSA) is 35.5 Å². The zero-order valence-electron chi connectivity index (χ0n) is 11.2. The van der Waals surface area contributed by atoms with Gasteiger partial charge in [0.05, 0.1) is 6.61 Å². The summed E-state index contributed by atoms with van der Waals surface area (Å²) in [4.78, 5) is 2.49. The Morgan fingerprint density at radius 2 is 2.11 bits per heavy atom. The third-order valence-electron chi connectivity index (χ3n) is 3.82. The van der Waals surface area contributed by atoms with Gasteiger partial charge in [0, 0.05) is 25.2 Å². The molecule has 3 heteroatoms. The molecular formula is C15H24N2O. The van der Waals surface area contributed by atoms with Crippen molar-refractivity contribution >= 4 is 0 Å². The average molecular weight is 248 g/mol. The second kappa shape index (κ2) is 6.88. The number of hydrogen-bond acceptors (Lipinski definition) is 3. The van der Waals surface area contributed by atoms with E-state index >= 15 is 0 Å². The Labute approximate surface area is 110 Å². The second-order valence-corrected chi connectivity index (χ2v) is 5.20. The largest absolute Gasteiger partial charge is 0.395 e. The molecule has 1 fully saturated rings. The number of aliphatic hydroxyl groups excluding tert-OH is 1. The summed E-state index contributed by atoms with van der Waals surface area (Å²) in [7, 11) is 0. The van der Waals surface area contributed by atoms with Gasteiger partial charge in [-0.25, -0.2) is 0 Å². The first kappa shape index (κ1) is 13.5. The highest BCUT2D eigenvalue weighted by atomic mass is 16.3. The van der Waals surface area contributed by atoms with Gasteiger partial charge in [0.25, 0.3) is 0 Å². The van der Waals surface area contributed by atoms with Crippen LogP contribution >= 0.6 is 0 Å². The van der Waals surface area contributed by atoms with Crippen LogP contribution in [0.3, 0.4) is 0 Å². The number of nitrogens with zero attached hydrogens (tertiary/aromatic N) is 1. The molecule has 1 aliphatic heterocycles. The summed E-state index contributed by atoms with van der Waals surface area (Å²) in [5.41, 5.74) is 1.39. The Morgan fingerprint density at radius 1 is 1.33 bits per heavy atom. The summed E-state index contributed by atoms with van der Waals surface area (Å²) < 4.78 is 0. The van der Waals surface area contributed by atoms with E-state index in [0.29, 0.717) is 6.04 Å². The monoisotopic (exact) mass is 248 g/mol. The van der Waals surface area contributed by atoms with Gasteiger partial charge >= 0.3 is 0 Å². The van der Waals surface area contributed by atoms with Gasteiger partial charge in [0.1, 0.15) is 0 Å². The fourth-order valence-corrected chi connectivity index (χ4v) is 2.56. The summed E-state index contributed by atoms with van der Waals surface area (Å²) in [5, 5.41) is 12.7. The predicted octanol–water partition coefficient (Wildman–Crippen LogP) is 1.27. The summed E-state index contributed by atoms with van der Waals surface area (Å²) in [6.07, 6.45) is 2.24. The van der Waals surface area contributed by atoms with Gasteiger partial charge in [-0.05, 0) is 31.9 Å². The molecule has 0 saturated carbocycles. The lowest BCUT2D eigenvalue weighted by atomic mass is 10.1. The molecule has 1 saturated heterocycles. The minimum absolute atomic E-state index is 0.228. The minimum atomic E-state index is 0.228. The first-order valence-electron chi connectivity index (χ1n) is 6.92. The number of nitrogens with one attached hydrogen (secondary N) is 1. The molecule has 2 N–H and O–H groups in total. The summed E-state index contributed by atoms with van der Waals surface area (Å²) >= 11 is 0. The number of aliphatic hydroxyl groups is 1. The molecule has 0 amide bonds. The number of benzene rings is 1. The molecule has 1 heterocycles. The van der Waals surface area contributed by atoms with E-state index in [1.165, 1.54) is 5.56 Å². The van der Waals surface area contributed by atoms with E-state index in [0.717, 1.165) is 32.5 Å². The maximum Gasteiger partial charge on any atom is 0.0597 e. The summed E-state index contributed by atoms with van der Waals surface area (Å²) in [6, 6.07) is 11.4. The fourth-order valence-electron chi connectivity index (χ4n) is 2.56. The van der Waals surface area contributed by atoms with E-state index in [4.69, 9.17) is 0 Å². The Bertz CT molecular complexity index is 342. The van der Waals surface area contributed by atoms with Crippen molar-refractivity contribution in [1.82, 2.24) is 10.2 Å². The van der Waals surface area contributed by atoms with Crippen LogP contribution < -0.4 is 5.32 Å². The van der Waals surface area contributed by atoms with Crippen LogP contribution in [0.2, 0.25) is 0 Å². The third-order valence-corrected chi connectivity index (χ3v) is 3.82. The van der Waals surface area contributed by atoms with Crippen LogP contribution in [0.4, 0.5) is 0 Å². The van der Waals surface area contributed by atoms with E-state index in [-0.39, 0.29) is 12.6 Å². The maximum atomic E-state index is 9.32. The molecule has 0 aromatic heterocycles. The first-order valence-corrected chi connectivity index (χ1v) is 6.92. The molecule has 0 radical (unpaired) electrons.